The van der Waals surface area contributed by atoms with Gasteiger partial charge >= 0.3 is 0 Å². The first kappa shape index (κ1) is 12.6. The van der Waals surface area contributed by atoms with E-state index in [0.717, 1.165) is 18.2 Å². The van der Waals surface area contributed by atoms with Crippen LogP contribution in [-0.2, 0) is 17.0 Å². The standard InChI is InChI=1S/C17H20N4O/c1-22-11-20-14-5-3-2-4-13(14)15-16(20)17-8-6-12(10-17)7-9-21(17)19-18-15/h2-5,12H,6-11H2,1H3/t12-,17-/m0/s1. The van der Waals surface area contributed by atoms with Gasteiger partial charge in [0.15, 0.2) is 0 Å². The van der Waals surface area contributed by atoms with Crippen LogP contribution >= 0.6 is 0 Å². The van der Waals surface area contributed by atoms with E-state index in [2.05, 4.69) is 44.2 Å². The van der Waals surface area contributed by atoms with E-state index in [-0.39, 0.29) is 5.54 Å². The monoisotopic (exact) mass is 296 g/mol. The fourth-order valence-corrected chi connectivity index (χ4v) is 4.81. The highest BCUT2D eigenvalue weighted by Crippen LogP contribution is 2.57. The van der Waals surface area contributed by atoms with E-state index in [1.54, 1.807) is 7.11 Å². The second-order valence-corrected chi connectivity index (χ2v) is 6.80. The van der Waals surface area contributed by atoms with Crippen molar-refractivity contribution in [1.29, 1.82) is 0 Å². The Morgan fingerprint density at radius 2 is 2.23 bits per heavy atom. The molecule has 1 aliphatic carbocycles. The molecule has 2 aliphatic heterocycles. The zero-order valence-electron chi connectivity index (χ0n) is 12.8. The lowest BCUT2D eigenvalue weighted by molar-refractivity contribution is 0.0313. The van der Waals surface area contributed by atoms with Gasteiger partial charge in [0.05, 0.1) is 11.2 Å². The molecule has 3 aliphatic rings. The quantitative estimate of drug-likeness (QED) is 0.841. The molecule has 3 heterocycles. The Kier molecular flexibility index (Phi) is 2.48. The summed E-state index contributed by atoms with van der Waals surface area (Å²) in [4.78, 5) is 0. The van der Waals surface area contributed by atoms with Crippen LogP contribution < -0.4 is 0 Å². The van der Waals surface area contributed by atoms with Crippen molar-refractivity contribution in [3.05, 3.63) is 30.0 Å². The summed E-state index contributed by atoms with van der Waals surface area (Å²) < 4.78 is 7.84. The molecule has 2 aromatic rings. The van der Waals surface area contributed by atoms with Crippen molar-refractivity contribution in [1.82, 2.24) is 9.58 Å². The second kappa shape index (κ2) is 4.32. The van der Waals surface area contributed by atoms with Gasteiger partial charge < -0.3 is 9.30 Å². The fraction of sp³-hybridized carbons (Fsp3) is 0.529. The summed E-state index contributed by atoms with van der Waals surface area (Å²) in [5, 5.41) is 12.6. The van der Waals surface area contributed by atoms with Gasteiger partial charge in [-0.15, -0.1) is 5.11 Å². The summed E-state index contributed by atoms with van der Waals surface area (Å²) in [6.45, 7) is 1.60. The van der Waals surface area contributed by atoms with Crippen LogP contribution in [0.5, 0.6) is 0 Å². The predicted molar refractivity (Wildman–Crippen MR) is 83.8 cm³/mol. The smallest absolute Gasteiger partial charge is 0.122 e. The molecule has 1 aromatic heterocycles. The molecule has 1 saturated heterocycles. The molecular weight excluding hydrogens is 276 g/mol. The lowest BCUT2D eigenvalue weighted by Crippen LogP contribution is -2.47. The van der Waals surface area contributed by atoms with Crippen LogP contribution in [0.3, 0.4) is 0 Å². The minimum absolute atomic E-state index is 0.0392. The zero-order valence-corrected chi connectivity index (χ0v) is 12.8. The van der Waals surface area contributed by atoms with Crippen LogP contribution in [0.4, 0.5) is 5.69 Å². The molecule has 2 fully saturated rings. The number of piperidine rings is 1. The van der Waals surface area contributed by atoms with Crippen LogP contribution in [0.25, 0.3) is 10.9 Å². The van der Waals surface area contributed by atoms with E-state index in [1.165, 1.54) is 42.3 Å². The molecule has 5 heteroatoms. The van der Waals surface area contributed by atoms with Gasteiger partial charge in [0.2, 0.25) is 0 Å². The molecule has 2 bridgehead atoms. The third kappa shape index (κ3) is 1.42. The average Bonchev–Trinajstić information content (AvgIpc) is 3.05. The van der Waals surface area contributed by atoms with E-state index < -0.39 is 0 Å². The Morgan fingerprint density at radius 3 is 3.14 bits per heavy atom. The summed E-state index contributed by atoms with van der Waals surface area (Å²) in [5.41, 5.74) is 3.63. The van der Waals surface area contributed by atoms with E-state index in [4.69, 9.17) is 4.74 Å². The third-order valence-corrected chi connectivity index (χ3v) is 5.73. The SMILES string of the molecule is COCn1c2c(c3ccccc31)N=NN1CC[C@@H]3CC[C@]21C3. The van der Waals surface area contributed by atoms with Crippen molar-refractivity contribution in [3.63, 3.8) is 0 Å². The number of hydrogen-bond acceptors (Lipinski definition) is 4. The highest BCUT2D eigenvalue weighted by atomic mass is 16.5. The lowest BCUT2D eigenvalue weighted by Gasteiger charge is -2.44. The molecule has 5 nitrogen and oxygen atoms in total. The fourth-order valence-electron chi connectivity index (χ4n) is 4.81. The Balaban J connectivity index is 1.84. The number of aromatic nitrogens is 1. The molecule has 0 unspecified atom stereocenters. The molecule has 114 valence electrons. The van der Waals surface area contributed by atoms with Crippen LogP contribution in [0.1, 0.15) is 31.4 Å². The maximum absolute atomic E-state index is 5.52. The van der Waals surface area contributed by atoms with Gasteiger partial charge in [-0.3, -0.25) is 5.01 Å². The summed E-state index contributed by atoms with van der Waals surface area (Å²) in [6.07, 6.45) is 4.95. The van der Waals surface area contributed by atoms with Crippen LogP contribution in [0.2, 0.25) is 0 Å². The number of ether oxygens (including phenoxy) is 1. The van der Waals surface area contributed by atoms with Crippen molar-refractivity contribution in [3.8, 4) is 0 Å². The minimum atomic E-state index is 0.0392. The van der Waals surface area contributed by atoms with Gasteiger partial charge in [-0.1, -0.05) is 23.4 Å². The average molecular weight is 296 g/mol. The third-order valence-electron chi connectivity index (χ3n) is 5.73. The van der Waals surface area contributed by atoms with Crippen molar-refractivity contribution >= 4 is 16.6 Å². The first-order valence-corrected chi connectivity index (χ1v) is 8.13. The van der Waals surface area contributed by atoms with Crippen molar-refractivity contribution in [2.45, 2.75) is 38.0 Å². The topological polar surface area (TPSA) is 42.1 Å². The maximum Gasteiger partial charge on any atom is 0.122 e. The highest BCUT2D eigenvalue weighted by molar-refractivity contribution is 5.94. The first-order chi connectivity index (χ1) is 10.8. The van der Waals surface area contributed by atoms with E-state index >= 15 is 0 Å². The number of methoxy groups -OCH3 is 1. The number of benzene rings is 1. The van der Waals surface area contributed by atoms with Gasteiger partial charge in [0.1, 0.15) is 18.0 Å². The van der Waals surface area contributed by atoms with Gasteiger partial charge in [-0.2, -0.15) is 0 Å². The second-order valence-electron chi connectivity index (χ2n) is 6.80. The normalized spacial score (nSPS) is 29.0. The molecule has 5 rings (SSSR count). The maximum atomic E-state index is 5.52. The number of nitrogens with zero attached hydrogens (tertiary/aromatic N) is 4. The van der Waals surface area contributed by atoms with Gasteiger partial charge in [0.25, 0.3) is 0 Å². The van der Waals surface area contributed by atoms with Crippen molar-refractivity contribution in [2.24, 2.45) is 16.3 Å². The number of fused-ring (bicyclic) bond motifs is 4. The van der Waals surface area contributed by atoms with Crippen molar-refractivity contribution in [2.75, 3.05) is 13.7 Å². The molecule has 0 N–H and O–H groups in total. The Hall–Kier alpha value is -1.88. The van der Waals surface area contributed by atoms with E-state index in [9.17, 15) is 0 Å². The molecule has 1 saturated carbocycles. The Bertz CT molecular complexity index is 780. The minimum Gasteiger partial charge on any atom is -0.364 e. The first-order valence-electron chi connectivity index (χ1n) is 8.13. The van der Waals surface area contributed by atoms with Crippen LogP contribution in [0.15, 0.2) is 34.6 Å². The van der Waals surface area contributed by atoms with E-state index in [1.807, 2.05) is 0 Å². The molecule has 2 atom stereocenters. The van der Waals surface area contributed by atoms with Gasteiger partial charge in [-0.25, -0.2) is 0 Å². The van der Waals surface area contributed by atoms with Crippen LogP contribution in [-0.4, -0.2) is 23.2 Å². The van der Waals surface area contributed by atoms with Gasteiger partial charge in [-0.05, 0) is 37.7 Å². The molecule has 1 aromatic carbocycles. The van der Waals surface area contributed by atoms with Crippen LogP contribution in [0, 0.1) is 5.92 Å². The lowest BCUT2D eigenvalue weighted by atomic mass is 9.85. The number of para-hydroxylation sites is 1. The molecule has 1 spiro atoms. The number of hydrogen-bond donors (Lipinski definition) is 0. The molecule has 0 radical (unpaired) electrons. The highest BCUT2D eigenvalue weighted by Gasteiger charge is 2.53. The number of rotatable bonds is 2. The molecule has 22 heavy (non-hydrogen) atoms. The summed E-state index contributed by atoms with van der Waals surface area (Å²) in [7, 11) is 1.76. The zero-order chi connectivity index (χ0) is 14.7. The van der Waals surface area contributed by atoms with Crippen molar-refractivity contribution < 1.29 is 4.74 Å². The Morgan fingerprint density at radius 1 is 1.32 bits per heavy atom. The van der Waals surface area contributed by atoms with E-state index in [0.29, 0.717) is 6.73 Å². The largest absolute Gasteiger partial charge is 0.364 e. The summed E-state index contributed by atoms with van der Waals surface area (Å²) >= 11 is 0. The van der Waals surface area contributed by atoms with Gasteiger partial charge in [0, 0.05) is 19.0 Å². The molecule has 0 amide bonds. The summed E-state index contributed by atoms with van der Waals surface area (Å²) in [5.74, 6) is 0.839. The summed E-state index contributed by atoms with van der Waals surface area (Å²) in [6, 6.07) is 8.49. The predicted octanol–water partition coefficient (Wildman–Crippen LogP) is 3.96. The molecular formula is C17H20N4O. The Labute approximate surface area is 129 Å².